The Morgan fingerprint density at radius 2 is 2.00 bits per heavy atom. The van der Waals surface area contributed by atoms with Gasteiger partial charge in [-0.1, -0.05) is 31.5 Å². The van der Waals surface area contributed by atoms with Gasteiger partial charge in [0.15, 0.2) is 0 Å². The van der Waals surface area contributed by atoms with Gasteiger partial charge in [-0.15, -0.1) is 0 Å². The van der Waals surface area contributed by atoms with Crippen molar-refractivity contribution in [2.75, 3.05) is 20.1 Å². The van der Waals surface area contributed by atoms with Crippen LogP contribution in [0.3, 0.4) is 0 Å². The van der Waals surface area contributed by atoms with E-state index >= 15 is 0 Å². The van der Waals surface area contributed by atoms with Crippen molar-refractivity contribution < 1.29 is 4.79 Å². The van der Waals surface area contributed by atoms with Crippen LogP contribution in [0, 0.1) is 0 Å². The number of benzene rings is 1. The summed E-state index contributed by atoms with van der Waals surface area (Å²) < 4.78 is 0. The molecular weight excluding hydrogens is 286 g/mol. The SMILES string of the molecule is CCCCc1[nH]c2ccccc2c1C(=O)N(C)C1CCNCC1. The number of amides is 1. The molecule has 2 heterocycles. The summed E-state index contributed by atoms with van der Waals surface area (Å²) in [4.78, 5) is 18.6. The monoisotopic (exact) mass is 313 g/mol. The first-order chi connectivity index (χ1) is 11.2. The molecule has 0 atom stereocenters. The van der Waals surface area contributed by atoms with Crippen LogP contribution >= 0.6 is 0 Å². The molecule has 0 bridgehead atoms. The Hall–Kier alpha value is -1.81. The number of hydrogen-bond acceptors (Lipinski definition) is 2. The second-order valence-corrected chi connectivity index (χ2v) is 6.52. The second-order valence-electron chi connectivity index (χ2n) is 6.52. The van der Waals surface area contributed by atoms with E-state index in [0.717, 1.165) is 67.4 Å². The largest absolute Gasteiger partial charge is 0.358 e. The highest BCUT2D eigenvalue weighted by Crippen LogP contribution is 2.26. The molecule has 0 aliphatic carbocycles. The fourth-order valence-corrected chi connectivity index (χ4v) is 3.52. The molecule has 0 spiro atoms. The first-order valence-corrected chi connectivity index (χ1v) is 8.79. The smallest absolute Gasteiger partial charge is 0.256 e. The second kappa shape index (κ2) is 7.18. The number of rotatable bonds is 5. The molecule has 4 nitrogen and oxygen atoms in total. The summed E-state index contributed by atoms with van der Waals surface area (Å²) in [5.74, 6) is 0.167. The summed E-state index contributed by atoms with van der Waals surface area (Å²) in [6, 6.07) is 8.50. The summed E-state index contributed by atoms with van der Waals surface area (Å²) in [5.41, 5.74) is 3.05. The predicted octanol–water partition coefficient (Wildman–Crippen LogP) is 3.33. The zero-order valence-corrected chi connectivity index (χ0v) is 14.2. The van der Waals surface area contributed by atoms with Gasteiger partial charge in [0.1, 0.15) is 0 Å². The van der Waals surface area contributed by atoms with E-state index in [1.807, 2.05) is 24.1 Å². The third-order valence-corrected chi connectivity index (χ3v) is 4.95. The molecule has 2 aromatic rings. The zero-order chi connectivity index (χ0) is 16.2. The standard InChI is InChI=1S/C19H27N3O/c1-3-4-8-17-18(15-7-5-6-9-16(15)21-17)19(23)22(2)14-10-12-20-13-11-14/h5-7,9,14,20-21H,3-4,8,10-13H2,1-2H3. The van der Waals surface area contributed by atoms with E-state index in [4.69, 9.17) is 0 Å². The molecule has 1 saturated heterocycles. The zero-order valence-electron chi connectivity index (χ0n) is 14.2. The molecule has 1 aliphatic rings. The van der Waals surface area contributed by atoms with Crippen molar-refractivity contribution in [2.24, 2.45) is 0 Å². The van der Waals surface area contributed by atoms with Crippen LogP contribution in [0.25, 0.3) is 10.9 Å². The Balaban J connectivity index is 1.94. The van der Waals surface area contributed by atoms with Gasteiger partial charge in [0.25, 0.3) is 5.91 Å². The molecule has 23 heavy (non-hydrogen) atoms. The molecule has 1 aliphatic heterocycles. The quantitative estimate of drug-likeness (QED) is 0.889. The van der Waals surface area contributed by atoms with Crippen LogP contribution in [-0.2, 0) is 6.42 Å². The Bertz CT molecular complexity index is 670. The van der Waals surface area contributed by atoms with Gasteiger partial charge in [0.05, 0.1) is 5.56 Å². The number of aromatic nitrogens is 1. The first kappa shape index (κ1) is 16.1. The van der Waals surface area contributed by atoms with E-state index in [1.165, 1.54) is 0 Å². The minimum Gasteiger partial charge on any atom is -0.358 e. The van der Waals surface area contributed by atoms with E-state index in [9.17, 15) is 4.79 Å². The van der Waals surface area contributed by atoms with Crippen molar-refractivity contribution in [1.82, 2.24) is 15.2 Å². The van der Waals surface area contributed by atoms with Crippen LogP contribution < -0.4 is 5.32 Å². The Morgan fingerprint density at radius 1 is 1.26 bits per heavy atom. The lowest BCUT2D eigenvalue weighted by Gasteiger charge is -2.31. The highest BCUT2D eigenvalue weighted by atomic mass is 16.2. The van der Waals surface area contributed by atoms with Crippen molar-refractivity contribution in [1.29, 1.82) is 0 Å². The molecule has 0 radical (unpaired) electrons. The van der Waals surface area contributed by atoms with E-state index < -0.39 is 0 Å². The van der Waals surface area contributed by atoms with Gasteiger partial charge in [-0.05, 0) is 44.8 Å². The normalized spacial score (nSPS) is 15.9. The number of H-pyrrole nitrogens is 1. The molecule has 1 aromatic heterocycles. The van der Waals surface area contributed by atoms with Crippen molar-refractivity contribution >= 4 is 16.8 Å². The summed E-state index contributed by atoms with van der Waals surface area (Å²) in [7, 11) is 1.96. The number of para-hydroxylation sites is 1. The molecule has 1 amide bonds. The molecule has 0 unspecified atom stereocenters. The van der Waals surface area contributed by atoms with Crippen LogP contribution in [0.5, 0.6) is 0 Å². The number of carbonyl (C=O) groups excluding carboxylic acids is 1. The fourth-order valence-electron chi connectivity index (χ4n) is 3.52. The number of piperidine rings is 1. The lowest BCUT2D eigenvalue weighted by Crippen LogP contribution is -2.44. The third kappa shape index (κ3) is 3.27. The van der Waals surface area contributed by atoms with Crippen LogP contribution in [0.15, 0.2) is 24.3 Å². The van der Waals surface area contributed by atoms with E-state index in [1.54, 1.807) is 0 Å². The summed E-state index contributed by atoms with van der Waals surface area (Å²) in [6.45, 7) is 4.18. The van der Waals surface area contributed by atoms with Gasteiger partial charge in [-0.25, -0.2) is 0 Å². The Labute approximate surface area is 138 Å². The maximum atomic E-state index is 13.2. The lowest BCUT2D eigenvalue weighted by molar-refractivity contribution is 0.0704. The average molecular weight is 313 g/mol. The van der Waals surface area contributed by atoms with Crippen LogP contribution in [0.2, 0.25) is 0 Å². The van der Waals surface area contributed by atoms with Crippen LogP contribution in [0.1, 0.15) is 48.7 Å². The van der Waals surface area contributed by atoms with Crippen LogP contribution in [0.4, 0.5) is 0 Å². The lowest BCUT2D eigenvalue weighted by atomic mass is 10.0. The van der Waals surface area contributed by atoms with E-state index in [2.05, 4.69) is 29.4 Å². The highest BCUT2D eigenvalue weighted by Gasteiger charge is 2.26. The molecule has 3 rings (SSSR count). The Kier molecular flexibility index (Phi) is 5.01. The summed E-state index contributed by atoms with van der Waals surface area (Å²) >= 11 is 0. The number of nitrogens with zero attached hydrogens (tertiary/aromatic N) is 1. The minimum absolute atomic E-state index is 0.167. The summed E-state index contributed by atoms with van der Waals surface area (Å²) in [5, 5.41) is 4.43. The molecule has 2 N–H and O–H groups in total. The molecular formula is C19H27N3O. The van der Waals surface area contributed by atoms with Gasteiger partial charge in [0.2, 0.25) is 0 Å². The number of nitrogens with one attached hydrogen (secondary N) is 2. The number of hydrogen-bond donors (Lipinski definition) is 2. The maximum absolute atomic E-state index is 13.2. The predicted molar refractivity (Wildman–Crippen MR) is 94.9 cm³/mol. The van der Waals surface area contributed by atoms with Gasteiger partial charge in [-0.2, -0.15) is 0 Å². The molecule has 0 saturated carbocycles. The maximum Gasteiger partial charge on any atom is 0.256 e. The fraction of sp³-hybridized carbons (Fsp3) is 0.526. The van der Waals surface area contributed by atoms with Gasteiger partial charge >= 0.3 is 0 Å². The van der Waals surface area contributed by atoms with Gasteiger partial charge < -0.3 is 15.2 Å². The molecule has 1 fully saturated rings. The first-order valence-electron chi connectivity index (χ1n) is 8.79. The minimum atomic E-state index is 0.167. The molecule has 1 aromatic carbocycles. The number of fused-ring (bicyclic) bond motifs is 1. The van der Waals surface area contributed by atoms with Crippen LogP contribution in [-0.4, -0.2) is 42.0 Å². The molecule has 4 heteroatoms. The topological polar surface area (TPSA) is 48.1 Å². The van der Waals surface area contributed by atoms with Crippen molar-refractivity contribution in [3.05, 3.63) is 35.5 Å². The number of aromatic amines is 1. The number of carbonyl (C=O) groups is 1. The van der Waals surface area contributed by atoms with E-state index in [0.29, 0.717) is 6.04 Å². The van der Waals surface area contributed by atoms with E-state index in [-0.39, 0.29) is 5.91 Å². The third-order valence-electron chi connectivity index (χ3n) is 4.95. The number of unbranched alkanes of at least 4 members (excludes halogenated alkanes) is 1. The highest BCUT2D eigenvalue weighted by molar-refractivity contribution is 6.08. The average Bonchev–Trinajstić information content (AvgIpc) is 2.97. The van der Waals surface area contributed by atoms with Crippen molar-refractivity contribution in [3.8, 4) is 0 Å². The Morgan fingerprint density at radius 3 is 2.74 bits per heavy atom. The van der Waals surface area contributed by atoms with Crippen molar-refractivity contribution in [3.63, 3.8) is 0 Å². The van der Waals surface area contributed by atoms with Crippen molar-refractivity contribution in [2.45, 2.75) is 45.1 Å². The van der Waals surface area contributed by atoms with Gasteiger partial charge in [0, 0.05) is 29.7 Å². The van der Waals surface area contributed by atoms with Gasteiger partial charge in [-0.3, -0.25) is 4.79 Å². The number of aryl methyl sites for hydroxylation is 1. The summed E-state index contributed by atoms with van der Waals surface area (Å²) in [6.07, 6.45) is 5.24. The molecule has 124 valence electrons.